The van der Waals surface area contributed by atoms with Gasteiger partial charge in [0.2, 0.25) is 5.91 Å². The third-order valence-corrected chi connectivity index (χ3v) is 2.94. The smallest absolute Gasteiger partial charge is 0.327 e. The third-order valence-electron chi connectivity index (χ3n) is 2.94. The summed E-state index contributed by atoms with van der Waals surface area (Å²) in [7, 11) is 1.53. The molecular weight excluding hydrogens is 248 g/mol. The number of imide groups is 1. The topological polar surface area (TPSA) is 95.7 Å². The number of hydrogen-bond donors (Lipinski definition) is 2. The normalized spacial score (nSPS) is 17.3. The van der Waals surface area contributed by atoms with Gasteiger partial charge in [-0.3, -0.25) is 14.5 Å². The van der Waals surface area contributed by atoms with Crippen LogP contribution in [0.3, 0.4) is 0 Å². The molecule has 0 aromatic rings. The zero-order valence-corrected chi connectivity index (χ0v) is 11.7. The van der Waals surface area contributed by atoms with Crippen molar-refractivity contribution >= 4 is 17.8 Å². The van der Waals surface area contributed by atoms with Gasteiger partial charge in [-0.15, -0.1) is 0 Å². The standard InChI is InChI=1S/C12H22N4O3/c1-8(2)4-9(5-13)14-10(17)6-16-11(18)7-15(3)12(16)19/h8-9H,4-7,13H2,1-3H3,(H,14,17). The first-order chi connectivity index (χ1) is 8.85. The zero-order chi connectivity index (χ0) is 14.6. The van der Waals surface area contributed by atoms with Crippen LogP contribution in [0.4, 0.5) is 4.79 Å². The summed E-state index contributed by atoms with van der Waals surface area (Å²) in [4.78, 5) is 37.2. The van der Waals surface area contributed by atoms with Crippen molar-refractivity contribution in [1.82, 2.24) is 15.1 Å². The molecule has 7 heteroatoms. The lowest BCUT2D eigenvalue weighted by Crippen LogP contribution is -2.47. The molecule has 1 heterocycles. The van der Waals surface area contributed by atoms with E-state index in [1.807, 2.05) is 13.8 Å². The molecule has 1 rings (SSSR count). The summed E-state index contributed by atoms with van der Waals surface area (Å²) in [6.45, 7) is 4.20. The molecule has 1 aliphatic heterocycles. The molecular formula is C12H22N4O3. The molecule has 0 saturated carbocycles. The van der Waals surface area contributed by atoms with E-state index in [0.717, 1.165) is 11.3 Å². The van der Waals surface area contributed by atoms with Crippen LogP contribution in [0.5, 0.6) is 0 Å². The molecule has 1 atom stereocenters. The van der Waals surface area contributed by atoms with Crippen molar-refractivity contribution < 1.29 is 14.4 Å². The summed E-state index contributed by atoms with van der Waals surface area (Å²) in [5.41, 5.74) is 5.58. The van der Waals surface area contributed by atoms with E-state index < -0.39 is 6.03 Å². The first-order valence-corrected chi connectivity index (χ1v) is 6.40. The Morgan fingerprint density at radius 3 is 2.47 bits per heavy atom. The average Bonchev–Trinajstić information content (AvgIpc) is 2.54. The van der Waals surface area contributed by atoms with E-state index in [1.54, 1.807) is 0 Å². The highest BCUT2D eigenvalue weighted by Gasteiger charge is 2.34. The number of amides is 4. The number of likely N-dealkylation sites (N-methyl/N-ethyl adjacent to an activating group) is 1. The molecule has 0 aromatic heterocycles. The van der Waals surface area contributed by atoms with Gasteiger partial charge in [0.05, 0.1) is 0 Å². The van der Waals surface area contributed by atoms with Crippen molar-refractivity contribution in [2.24, 2.45) is 11.7 Å². The van der Waals surface area contributed by atoms with Crippen LogP contribution in [-0.2, 0) is 9.59 Å². The number of nitrogens with zero attached hydrogens (tertiary/aromatic N) is 2. The summed E-state index contributed by atoms with van der Waals surface area (Å²) in [6, 6.07) is -0.564. The molecule has 1 saturated heterocycles. The molecule has 7 nitrogen and oxygen atoms in total. The zero-order valence-electron chi connectivity index (χ0n) is 11.7. The van der Waals surface area contributed by atoms with Gasteiger partial charge in [0.25, 0.3) is 5.91 Å². The van der Waals surface area contributed by atoms with Gasteiger partial charge in [-0.2, -0.15) is 0 Å². The second-order valence-corrected chi connectivity index (χ2v) is 5.25. The number of nitrogens with two attached hydrogens (primary N) is 1. The number of carbonyl (C=O) groups excluding carboxylic acids is 3. The lowest BCUT2D eigenvalue weighted by molar-refractivity contribution is -0.131. The maximum atomic E-state index is 11.8. The van der Waals surface area contributed by atoms with Crippen LogP contribution >= 0.6 is 0 Å². The molecule has 1 fully saturated rings. The largest absolute Gasteiger partial charge is 0.351 e. The number of rotatable bonds is 6. The SMILES string of the molecule is CC(C)CC(CN)NC(=O)CN1C(=O)CN(C)C1=O. The number of hydrogen-bond acceptors (Lipinski definition) is 4. The van der Waals surface area contributed by atoms with Crippen molar-refractivity contribution in [1.29, 1.82) is 0 Å². The van der Waals surface area contributed by atoms with Crippen LogP contribution in [-0.4, -0.2) is 60.4 Å². The Kier molecular flexibility index (Phi) is 5.29. The first-order valence-electron chi connectivity index (χ1n) is 6.40. The van der Waals surface area contributed by atoms with Crippen molar-refractivity contribution in [3.8, 4) is 0 Å². The second kappa shape index (κ2) is 6.51. The van der Waals surface area contributed by atoms with E-state index >= 15 is 0 Å². The molecule has 0 aliphatic carbocycles. The lowest BCUT2D eigenvalue weighted by atomic mass is 10.0. The van der Waals surface area contributed by atoms with Crippen molar-refractivity contribution in [3.63, 3.8) is 0 Å². The van der Waals surface area contributed by atoms with E-state index in [1.165, 1.54) is 11.9 Å². The minimum atomic E-state index is -0.437. The quantitative estimate of drug-likeness (QED) is 0.628. The number of carbonyl (C=O) groups is 3. The van der Waals surface area contributed by atoms with Crippen LogP contribution in [0.1, 0.15) is 20.3 Å². The summed E-state index contributed by atoms with van der Waals surface area (Å²) >= 11 is 0. The summed E-state index contributed by atoms with van der Waals surface area (Å²) in [5.74, 6) is -0.293. The van der Waals surface area contributed by atoms with Gasteiger partial charge in [-0.05, 0) is 12.3 Å². The van der Waals surface area contributed by atoms with Gasteiger partial charge < -0.3 is 16.0 Å². The Bertz CT molecular complexity index is 370. The van der Waals surface area contributed by atoms with Crippen LogP contribution < -0.4 is 11.1 Å². The van der Waals surface area contributed by atoms with Crippen LogP contribution in [0, 0.1) is 5.92 Å². The minimum absolute atomic E-state index is 0.0262. The highest BCUT2D eigenvalue weighted by atomic mass is 16.2. The summed E-state index contributed by atoms with van der Waals surface area (Å²) < 4.78 is 0. The number of urea groups is 1. The Labute approximate surface area is 113 Å². The van der Waals surface area contributed by atoms with E-state index in [-0.39, 0.29) is 30.9 Å². The minimum Gasteiger partial charge on any atom is -0.351 e. The van der Waals surface area contributed by atoms with Crippen molar-refractivity contribution in [2.45, 2.75) is 26.3 Å². The highest BCUT2D eigenvalue weighted by Crippen LogP contribution is 2.08. The Morgan fingerprint density at radius 1 is 1.42 bits per heavy atom. The Hall–Kier alpha value is -1.63. The Balaban J connectivity index is 2.51. The van der Waals surface area contributed by atoms with Gasteiger partial charge in [0.15, 0.2) is 0 Å². The Morgan fingerprint density at radius 2 is 2.05 bits per heavy atom. The average molecular weight is 270 g/mol. The van der Waals surface area contributed by atoms with Gasteiger partial charge in [-0.25, -0.2) is 4.79 Å². The van der Waals surface area contributed by atoms with E-state index in [0.29, 0.717) is 12.5 Å². The van der Waals surface area contributed by atoms with Gasteiger partial charge in [0.1, 0.15) is 13.1 Å². The molecule has 4 amide bonds. The summed E-state index contributed by atoms with van der Waals surface area (Å²) in [6.07, 6.45) is 0.768. The van der Waals surface area contributed by atoms with Crippen LogP contribution in [0.25, 0.3) is 0 Å². The fourth-order valence-electron chi connectivity index (χ4n) is 2.02. The first kappa shape index (κ1) is 15.4. The van der Waals surface area contributed by atoms with E-state index in [4.69, 9.17) is 5.73 Å². The fourth-order valence-corrected chi connectivity index (χ4v) is 2.02. The molecule has 1 aliphatic rings. The van der Waals surface area contributed by atoms with Gasteiger partial charge in [0, 0.05) is 19.6 Å². The third kappa shape index (κ3) is 4.20. The molecule has 1 unspecified atom stereocenters. The van der Waals surface area contributed by atoms with Gasteiger partial charge in [-0.1, -0.05) is 13.8 Å². The van der Waals surface area contributed by atoms with Crippen molar-refractivity contribution in [2.75, 3.05) is 26.7 Å². The predicted octanol–water partition coefficient (Wildman–Crippen LogP) is -0.630. The second-order valence-electron chi connectivity index (χ2n) is 5.25. The molecule has 0 radical (unpaired) electrons. The number of nitrogens with one attached hydrogen (secondary N) is 1. The molecule has 3 N–H and O–H groups in total. The van der Waals surface area contributed by atoms with E-state index in [2.05, 4.69) is 5.32 Å². The molecule has 0 aromatic carbocycles. The maximum Gasteiger partial charge on any atom is 0.327 e. The lowest BCUT2D eigenvalue weighted by Gasteiger charge is -2.20. The predicted molar refractivity (Wildman–Crippen MR) is 70.2 cm³/mol. The molecule has 0 bridgehead atoms. The fraction of sp³-hybridized carbons (Fsp3) is 0.750. The highest BCUT2D eigenvalue weighted by molar-refractivity contribution is 6.04. The summed E-state index contributed by atoms with van der Waals surface area (Å²) in [5, 5.41) is 2.75. The monoisotopic (exact) mass is 270 g/mol. The van der Waals surface area contributed by atoms with Crippen molar-refractivity contribution in [3.05, 3.63) is 0 Å². The van der Waals surface area contributed by atoms with E-state index in [9.17, 15) is 14.4 Å². The molecule has 19 heavy (non-hydrogen) atoms. The van der Waals surface area contributed by atoms with Gasteiger partial charge >= 0.3 is 6.03 Å². The molecule has 0 spiro atoms. The maximum absolute atomic E-state index is 11.8. The van der Waals surface area contributed by atoms with Crippen LogP contribution in [0.2, 0.25) is 0 Å². The van der Waals surface area contributed by atoms with Crippen LogP contribution in [0.15, 0.2) is 0 Å². The molecule has 108 valence electrons.